The van der Waals surface area contributed by atoms with Gasteiger partial charge in [-0.1, -0.05) is 30.3 Å². The van der Waals surface area contributed by atoms with Crippen LogP contribution in [0.15, 0.2) is 54.6 Å². The Morgan fingerprint density at radius 1 is 1.15 bits per heavy atom. The molecule has 0 unspecified atom stereocenters. The van der Waals surface area contributed by atoms with E-state index in [9.17, 15) is 14.9 Å². The highest BCUT2D eigenvalue weighted by Crippen LogP contribution is 2.28. The second-order valence-corrected chi connectivity index (χ2v) is 6.38. The van der Waals surface area contributed by atoms with Crippen molar-refractivity contribution in [3.05, 3.63) is 87.2 Å². The highest BCUT2D eigenvalue weighted by Gasteiger charge is 2.27. The Bertz CT molecular complexity index is 1010. The molecule has 0 N–H and O–H groups in total. The Morgan fingerprint density at radius 2 is 1.96 bits per heavy atom. The fourth-order valence-electron chi connectivity index (χ4n) is 3.36. The molecule has 4 rings (SSSR count). The Labute approximate surface area is 155 Å². The maximum atomic E-state index is 12.6. The predicted molar refractivity (Wildman–Crippen MR) is 97.8 cm³/mol. The molecule has 3 aromatic rings. The number of rotatable bonds is 5. The molecule has 1 aromatic heterocycles. The van der Waals surface area contributed by atoms with Crippen LogP contribution in [-0.4, -0.2) is 20.7 Å². The average molecular weight is 363 g/mol. The van der Waals surface area contributed by atoms with Crippen molar-refractivity contribution >= 4 is 11.7 Å². The number of nitro benzene ring substituents is 1. The van der Waals surface area contributed by atoms with E-state index in [0.29, 0.717) is 11.3 Å². The van der Waals surface area contributed by atoms with Crippen molar-refractivity contribution in [3.63, 3.8) is 0 Å². The summed E-state index contributed by atoms with van der Waals surface area (Å²) in [4.78, 5) is 23.0. The molecular formula is C20H17N3O4. The molecular weight excluding hydrogens is 346 g/mol. The van der Waals surface area contributed by atoms with Crippen LogP contribution in [0.25, 0.3) is 5.69 Å². The van der Waals surface area contributed by atoms with Gasteiger partial charge in [0.15, 0.2) is 5.69 Å². The summed E-state index contributed by atoms with van der Waals surface area (Å²) in [7, 11) is 0. The second-order valence-electron chi connectivity index (χ2n) is 6.38. The van der Waals surface area contributed by atoms with E-state index in [0.717, 1.165) is 36.2 Å². The molecule has 0 bridgehead atoms. The first kappa shape index (κ1) is 17.0. The Kier molecular flexibility index (Phi) is 4.42. The third kappa shape index (κ3) is 3.31. The van der Waals surface area contributed by atoms with Crippen molar-refractivity contribution < 1.29 is 14.5 Å². The SMILES string of the molecule is O=C(OCc1cccc([N+](=O)[O-])c1)c1nn(-c2ccccc2)c2c1CCC2. The number of carbonyl (C=O) groups excluding carboxylic acids is 1. The molecule has 27 heavy (non-hydrogen) atoms. The van der Waals surface area contributed by atoms with Crippen LogP contribution in [0, 0.1) is 10.1 Å². The summed E-state index contributed by atoms with van der Waals surface area (Å²) in [6, 6.07) is 15.8. The van der Waals surface area contributed by atoms with Gasteiger partial charge in [-0.3, -0.25) is 10.1 Å². The number of esters is 1. The van der Waals surface area contributed by atoms with Gasteiger partial charge in [0.05, 0.1) is 10.6 Å². The molecule has 1 aliphatic rings. The first-order valence-electron chi connectivity index (χ1n) is 8.70. The first-order chi connectivity index (χ1) is 13.1. The number of benzene rings is 2. The van der Waals surface area contributed by atoms with Crippen molar-refractivity contribution in [3.8, 4) is 5.69 Å². The van der Waals surface area contributed by atoms with Crippen LogP contribution in [-0.2, 0) is 24.2 Å². The van der Waals surface area contributed by atoms with Crippen molar-refractivity contribution in [2.75, 3.05) is 0 Å². The lowest BCUT2D eigenvalue weighted by molar-refractivity contribution is -0.384. The van der Waals surface area contributed by atoms with E-state index in [1.54, 1.807) is 12.1 Å². The van der Waals surface area contributed by atoms with E-state index >= 15 is 0 Å². The minimum absolute atomic E-state index is 0.0298. The van der Waals surface area contributed by atoms with Crippen LogP contribution in [0.2, 0.25) is 0 Å². The average Bonchev–Trinajstić information content (AvgIpc) is 3.29. The molecule has 0 saturated heterocycles. The van der Waals surface area contributed by atoms with Gasteiger partial charge in [0, 0.05) is 23.4 Å². The maximum absolute atomic E-state index is 12.6. The van der Waals surface area contributed by atoms with E-state index in [1.165, 1.54) is 12.1 Å². The minimum Gasteiger partial charge on any atom is -0.456 e. The molecule has 0 amide bonds. The normalized spacial score (nSPS) is 12.6. The van der Waals surface area contributed by atoms with E-state index in [2.05, 4.69) is 5.10 Å². The molecule has 0 aliphatic heterocycles. The monoisotopic (exact) mass is 363 g/mol. The van der Waals surface area contributed by atoms with Crippen molar-refractivity contribution in [1.82, 2.24) is 9.78 Å². The van der Waals surface area contributed by atoms with Crippen LogP contribution in [0.3, 0.4) is 0 Å². The van der Waals surface area contributed by atoms with Gasteiger partial charge >= 0.3 is 5.97 Å². The first-order valence-corrected chi connectivity index (χ1v) is 8.70. The second kappa shape index (κ2) is 7.03. The number of non-ortho nitro benzene ring substituents is 1. The lowest BCUT2D eigenvalue weighted by atomic mass is 10.2. The van der Waals surface area contributed by atoms with Gasteiger partial charge in [0.25, 0.3) is 5.69 Å². The number of nitrogens with zero attached hydrogens (tertiary/aromatic N) is 3. The maximum Gasteiger partial charge on any atom is 0.359 e. The van der Waals surface area contributed by atoms with E-state index in [4.69, 9.17) is 4.74 Å². The Morgan fingerprint density at radius 3 is 2.74 bits per heavy atom. The van der Waals surface area contributed by atoms with Gasteiger partial charge < -0.3 is 4.74 Å². The molecule has 1 aliphatic carbocycles. The largest absolute Gasteiger partial charge is 0.456 e. The molecule has 7 nitrogen and oxygen atoms in total. The third-order valence-corrected chi connectivity index (χ3v) is 4.62. The summed E-state index contributed by atoms with van der Waals surface area (Å²) < 4.78 is 7.20. The molecule has 2 aromatic carbocycles. The van der Waals surface area contributed by atoms with Crippen LogP contribution in [0.5, 0.6) is 0 Å². The summed E-state index contributed by atoms with van der Waals surface area (Å²) in [6.07, 6.45) is 2.64. The van der Waals surface area contributed by atoms with Crippen LogP contribution in [0.1, 0.15) is 33.7 Å². The zero-order chi connectivity index (χ0) is 18.8. The molecule has 136 valence electrons. The predicted octanol–water partition coefficient (Wildman–Crippen LogP) is 3.63. The van der Waals surface area contributed by atoms with Crippen molar-refractivity contribution in [2.45, 2.75) is 25.9 Å². The van der Waals surface area contributed by atoms with Crippen LogP contribution in [0.4, 0.5) is 5.69 Å². The summed E-state index contributed by atoms with van der Waals surface area (Å²) in [5, 5.41) is 15.4. The van der Waals surface area contributed by atoms with Gasteiger partial charge in [-0.15, -0.1) is 0 Å². The lowest BCUT2D eigenvalue weighted by Gasteiger charge is -2.05. The zero-order valence-corrected chi connectivity index (χ0v) is 14.5. The molecule has 0 radical (unpaired) electrons. The van der Waals surface area contributed by atoms with Gasteiger partial charge in [-0.05, 0) is 37.0 Å². The smallest absolute Gasteiger partial charge is 0.359 e. The number of nitro groups is 1. The van der Waals surface area contributed by atoms with E-state index in [-0.39, 0.29) is 12.3 Å². The van der Waals surface area contributed by atoms with Gasteiger partial charge in [-0.25, -0.2) is 9.48 Å². The van der Waals surface area contributed by atoms with Gasteiger partial charge in [-0.2, -0.15) is 5.10 Å². The number of hydrogen-bond donors (Lipinski definition) is 0. The highest BCUT2D eigenvalue weighted by molar-refractivity contribution is 5.89. The van der Waals surface area contributed by atoms with Crippen molar-refractivity contribution in [1.29, 1.82) is 0 Å². The molecule has 0 fully saturated rings. The fraction of sp³-hybridized carbons (Fsp3) is 0.200. The molecule has 0 saturated carbocycles. The summed E-state index contributed by atoms with van der Waals surface area (Å²) >= 11 is 0. The standard InChI is InChI=1S/C20H17N3O4/c24-20(27-13-14-6-4-9-16(12-14)23(25)26)19-17-10-5-11-18(17)22(21-19)15-7-2-1-3-8-15/h1-4,6-9,12H,5,10-11,13H2. The number of hydrogen-bond acceptors (Lipinski definition) is 5. The van der Waals surface area contributed by atoms with Gasteiger partial charge in [0.2, 0.25) is 0 Å². The Balaban J connectivity index is 1.56. The summed E-state index contributed by atoms with van der Waals surface area (Å²) in [5.74, 6) is -0.505. The molecule has 7 heteroatoms. The molecule has 1 heterocycles. The number of para-hydroxylation sites is 1. The summed E-state index contributed by atoms with van der Waals surface area (Å²) in [5.41, 5.74) is 3.76. The van der Waals surface area contributed by atoms with Crippen LogP contribution < -0.4 is 0 Å². The highest BCUT2D eigenvalue weighted by atomic mass is 16.6. The topological polar surface area (TPSA) is 87.3 Å². The number of ether oxygens (including phenoxy) is 1. The number of carbonyl (C=O) groups is 1. The van der Waals surface area contributed by atoms with E-state index < -0.39 is 10.9 Å². The lowest BCUT2D eigenvalue weighted by Crippen LogP contribution is -2.09. The quantitative estimate of drug-likeness (QED) is 0.392. The fourth-order valence-corrected chi connectivity index (χ4v) is 3.36. The van der Waals surface area contributed by atoms with Crippen LogP contribution >= 0.6 is 0 Å². The number of aromatic nitrogens is 2. The Hall–Kier alpha value is -3.48. The van der Waals surface area contributed by atoms with Gasteiger partial charge in [0.1, 0.15) is 6.61 Å². The number of fused-ring (bicyclic) bond motifs is 1. The van der Waals surface area contributed by atoms with Crippen molar-refractivity contribution in [2.24, 2.45) is 0 Å². The van der Waals surface area contributed by atoms with E-state index in [1.807, 2.05) is 35.0 Å². The molecule has 0 atom stereocenters. The summed E-state index contributed by atoms with van der Waals surface area (Å²) in [6.45, 7) is -0.0342. The minimum atomic E-state index is -0.505. The third-order valence-electron chi connectivity index (χ3n) is 4.62. The molecule has 0 spiro atoms. The zero-order valence-electron chi connectivity index (χ0n) is 14.5.